The van der Waals surface area contributed by atoms with Crippen molar-refractivity contribution in [2.45, 2.75) is 57.3 Å². The van der Waals surface area contributed by atoms with Crippen molar-refractivity contribution in [2.24, 2.45) is 17.8 Å². The van der Waals surface area contributed by atoms with Crippen LogP contribution in [0, 0.1) is 17.8 Å². The second-order valence-corrected chi connectivity index (χ2v) is 9.95. The molecule has 2 bridgehead atoms. The molecular formula is C21H26BrN3O2S. The van der Waals surface area contributed by atoms with Crippen LogP contribution in [0.2, 0.25) is 0 Å². The van der Waals surface area contributed by atoms with E-state index in [4.69, 9.17) is 0 Å². The molecule has 28 heavy (non-hydrogen) atoms. The van der Waals surface area contributed by atoms with Crippen LogP contribution in [0.4, 0.5) is 0 Å². The van der Waals surface area contributed by atoms with Crippen LogP contribution >= 0.6 is 27.7 Å². The topological polar surface area (TPSA) is 64.0 Å². The highest BCUT2D eigenvalue weighted by Gasteiger charge is 2.42. The molecule has 1 amide bonds. The van der Waals surface area contributed by atoms with Crippen molar-refractivity contribution in [3.05, 3.63) is 33.0 Å². The minimum Gasteiger partial charge on any atom is -0.353 e. The molecule has 1 aromatic heterocycles. The molecule has 150 valence electrons. The number of nitrogens with zero attached hydrogens (tertiary/aromatic N) is 2. The molecule has 2 aliphatic rings. The number of aromatic nitrogens is 2. The van der Waals surface area contributed by atoms with Crippen molar-refractivity contribution in [1.82, 2.24) is 14.9 Å². The first-order valence-corrected chi connectivity index (χ1v) is 11.9. The van der Waals surface area contributed by atoms with E-state index in [1.165, 1.54) is 37.4 Å². The molecule has 0 radical (unpaired) electrons. The van der Waals surface area contributed by atoms with Crippen molar-refractivity contribution < 1.29 is 4.79 Å². The monoisotopic (exact) mass is 463 g/mol. The van der Waals surface area contributed by atoms with E-state index < -0.39 is 0 Å². The normalized spacial score (nSPS) is 24.6. The van der Waals surface area contributed by atoms with Gasteiger partial charge in [-0.1, -0.05) is 34.1 Å². The molecule has 4 unspecified atom stereocenters. The Morgan fingerprint density at radius 1 is 1.39 bits per heavy atom. The third kappa shape index (κ3) is 3.88. The van der Waals surface area contributed by atoms with Crippen LogP contribution in [0.1, 0.15) is 39.5 Å². The Balaban J connectivity index is 1.44. The van der Waals surface area contributed by atoms with Gasteiger partial charge in [0.25, 0.3) is 5.56 Å². The average Bonchev–Trinajstić information content (AvgIpc) is 3.30. The van der Waals surface area contributed by atoms with Gasteiger partial charge in [0.05, 0.1) is 16.7 Å². The first-order valence-electron chi connectivity index (χ1n) is 10.1. The van der Waals surface area contributed by atoms with E-state index in [0.29, 0.717) is 28.5 Å². The first-order chi connectivity index (χ1) is 13.5. The molecule has 4 atom stereocenters. The van der Waals surface area contributed by atoms with E-state index in [-0.39, 0.29) is 23.3 Å². The lowest BCUT2D eigenvalue weighted by atomic mass is 9.84. The third-order valence-corrected chi connectivity index (χ3v) is 7.82. The number of amides is 1. The Kier molecular flexibility index (Phi) is 5.83. The van der Waals surface area contributed by atoms with E-state index in [0.717, 1.165) is 16.3 Å². The summed E-state index contributed by atoms with van der Waals surface area (Å²) in [7, 11) is 0. The number of thioether (sulfide) groups is 1. The Morgan fingerprint density at radius 2 is 2.21 bits per heavy atom. The minimum absolute atomic E-state index is 0.0214. The summed E-state index contributed by atoms with van der Waals surface area (Å²) in [5.41, 5.74) is 0.600. The van der Waals surface area contributed by atoms with Crippen LogP contribution < -0.4 is 10.9 Å². The molecule has 2 fully saturated rings. The van der Waals surface area contributed by atoms with Crippen molar-refractivity contribution in [3.8, 4) is 0 Å². The summed E-state index contributed by atoms with van der Waals surface area (Å²) in [5.74, 6) is 2.59. The Labute approximate surface area is 177 Å². The number of rotatable bonds is 6. The summed E-state index contributed by atoms with van der Waals surface area (Å²) in [4.78, 5) is 30.0. The zero-order valence-corrected chi connectivity index (χ0v) is 18.7. The van der Waals surface area contributed by atoms with Gasteiger partial charge in [0.15, 0.2) is 5.16 Å². The molecule has 7 heteroatoms. The lowest BCUT2D eigenvalue weighted by Gasteiger charge is -2.28. The SMILES string of the molecule is CCn1c(SCC(=O)NC(C)C2CC3CCC2C3)nc2ccc(Br)cc2c1=O. The molecular weight excluding hydrogens is 438 g/mol. The van der Waals surface area contributed by atoms with Crippen LogP contribution in [0.15, 0.2) is 32.6 Å². The number of carbonyl (C=O) groups excluding carboxylic acids is 1. The third-order valence-electron chi connectivity index (χ3n) is 6.35. The molecule has 5 nitrogen and oxygen atoms in total. The van der Waals surface area contributed by atoms with Crippen LogP contribution in [0.25, 0.3) is 10.9 Å². The zero-order chi connectivity index (χ0) is 19.8. The molecule has 1 N–H and O–H groups in total. The highest BCUT2D eigenvalue weighted by molar-refractivity contribution is 9.10. The molecule has 1 aromatic carbocycles. The van der Waals surface area contributed by atoms with Gasteiger partial charge in [0.1, 0.15) is 0 Å². The van der Waals surface area contributed by atoms with E-state index in [1.807, 2.05) is 19.1 Å². The molecule has 2 saturated carbocycles. The predicted molar refractivity (Wildman–Crippen MR) is 117 cm³/mol. The fourth-order valence-electron chi connectivity index (χ4n) is 5.00. The molecule has 0 saturated heterocycles. The number of hydrogen-bond donors (Lipinski definition) is 1. The second kappa shape index (κ2) is 8.19. The van der Waals surface area contributed by atoms with Gasteiger partial charge >= 0.3 is 0 Å². The Morgan fingerprint density at radius 3 is 2.89 bits per heavy atom. The van der Waals surface area contributed by atoms with Gasteiger partial charge in [-0.05, 0) is 69.1 Å². The van der Waals surface area contributed by atoms with Gasteiger partial charge in [-0.2, -0.15) is 0 Å². The minimum atomic E-state index is -0.0629. The van der Waals surface area contributed by atoms with Gasteiger partial charge in [-0.25, -0.2) is 4.98 Å². The smallest absolute Gasteiger partial charge is 0.262 e. The number of nitrogens with one attached hydrogen (secondary N) is 1. The molecule has 2 aliphatic carbocycles. The van der Waals surface area contributed by atoms with Gasteiger partial charge in [-0.15, -0.1) is 0 Å². The molecule has 0 spiro atoms. The number of benzene rings is 1. The van der Waals surface area contributed by atoms with Crippen molar-refractivity contribution in [2.75, 3.05) is 5.75 Å². The van der Waals surface area contributed by atoms with Gasteiger partial charge < -0.3 is 5.32 Å². The van der Waals surface area contributed by atoms with Crippen LogP contribution in [0.3, 0.4) is 0 Å². The molecule has 4 rings (SSSR count). The molecule has 0 aliphatic heterocycles. The summed E-state index contributed by atoms with van der Waals surface area (Å²) >= 11 is 4.75. The van der Waals surface area contributed by atoms with Gasteiger partial charge in [0.2, 0.25) is 5.91 Å². The maximum Gasteiger partial charge on any atom is 0.262 e. The second-order valence-electron chi connectivity index (χ2n) is 8.09. The lowest BCUT2D eigenvalue weighted by molar-refractivity contribution is -0.119. The summed E-state index contributed by atoms with van der Waals surface area (Å²) in [6, 6.07) is 5.74. The van der Waals surface area contributed by atoms with Crippen molar-refractivity contribution in [3.63, 3.8) is 0 Å². The number of carbonyl (C=O) groups is 1. The Bertz CT molecular complexity index is 961. The van der Waals surface area contributed by atoms with E-state index in [1.54, 1.807) is 10.6 Å². The van der Waals surface area contributed by atoms with Gasteiger partial charge in [0, 0.05) is 17.1 Å². The summed E-state index contributed by atoms with van der Waals surface area (Å²) in [6.45, 7) is 4.59. The molecule has 1 heterocycles. The maximum absolute atomic E-state index is 12.8. The van der Waals surface area contributed by atoms with E-state index >= 15 is 0 Å². The van der Waals surface area contributed by atoms with Crippen LogP contribution in [0.5, 0.6) is 0 Å². The van der Waals surface area contributed by atoms with Crippen LogP contribution in [-0.2, 0) is 11.3 Å². The Hall–Kier alpha value is -1.34. The number of hydrogen-bond acceptors (Lipinski definition) is 4. The standard InChI is InChI=1S/C21H26BrN3O2S/c1-3-25-20(27)17-10-15(22)6-7-18(17)24-21(25)28-11-19(26)23-12(2)16-9-13-4-5-14(16)8-13/h6-7,10,12-14,16H,3-5,8-9,11H2,1-2H3,(H,23,26). The quantitative estimate of drug-likeness (QED) is 0.514. The predicted octanol–water partition coefficient (Wildman–Crippen LogP) is 4.21. The summed E-state index contributed by atoms with van der Waals surface area (Å²) < 4.78 is 2.50. The summed E-state index contributed by atoms with van der Waals surface area (Å²) in [6.07, 6.45) is 5.30. The van der Waals surface area contributed by atoms with Crippen molar-refractivity contribution in [1.29, 1.82) is 0 Å². The van der Waals surface area contributed by atoms with Gasteiger partial charge in [-0.3, -0.25) is 14.2 Å². The fourth-order valence-corrected chi connectivity index (χ4v) is 6.24. The van der Waals surface area contributed by atoms with E-state index in [9.17, 15) is 9.59 Å². The maximum atomic E-state index is 12.8. The molecule has 2 aromatic rings. The average molecular weight is 464 g/mol. The highest BCUT2D eigenvalue weighted by Crippen LogP contribution is 2.49. The largest absolute Gasteiger partial charge is 0.353 e. The number of halogens is 1. The fraction of sp³-hybridized carbons (Fsp3) is 0.571. The van der Waals surface area contributed by atoms with Crippen molar-refractivity contribution >= 4 is 44.5 Å². The van der Waals surface area contributed by atoms with Crippen LogP contribution in [-0.4, -0.2) is 27.3 Å². The lowest BCUT2D eigenvalue weighted by Crippen LogP contribution is -2.41. The first kappa shape index (κ1) is 20.0. The zero-order valence-electron chi connectivity index (χ0n) is 16.3. The summed E-state index contributed by atoms with van der Waals surface area (Å²) in [5, 5.41) is 4.39. The van der Waals surface area contributed by atoms with E-state index in [2.05, 4.69) is 33.2 Å². The highest BCUT2D eigenvalue weighted by atomic mass is 79.9. The number of fused-ring (bicyclic) bond motifs is 3.